The van der Waals surface area contributed by atoms with Gasteiger partial charge in [0.05, 0.1) is 7.11 Å². The largest absolute Gasteiger partial charge is 0.497 e. The fourth-order valence-corrected chi connectivity index (χ4v) is 3.54. The molecule has 1 saturated heterocycles. The Morgan fingerprint density at radius 3 is 2.62 bits per heavy atom. The second-order valence-corrected chi connectivity index (χ2v) is 7.32. The Morgan fingerprint density at radius 1 is 1.25 bits per heavy atom. The topological polar surface area (TPSA) is 71.0 Å². The van der Waals surface area contributed by atoms with Crippen LogP contribution < -0.4 is 25.0 Å². The minimum atomic E-state index is -2.91. The zero-order valence-electron chi connectivity index (χ0n) is 18.5. The number of aliphatic imine (C=N–C) groups is 1. The van der Waals surface area contributed by atoms with Crippen LogP contribution in [0.1, 0.15) is 24.1 Å². The molecule has 2 aromatic rings. The third-order valence-electron chi connectivity index (χ3n) is 5.19. The molecule has 32 heavy (non-hydrogen) atoms. The average Bonchev–Trinajstić information content (AvgIpc) is 2.77. The number of pyridine rings is 1. The number of rotatable bonds is 7. The monoisotopic (exact) mass is 561 g/mol. The van der Waals surface area contributed by atoms with Gasteiger partial charge >= 0.3 is 6.61 Å². The molecule has 1 aliphatic heterocycles. The van der Waals surface area contributed by atoms with Gasteiger partial charge in [0.15, 0.2) is 5.96 Å². The van der Waals surface area contributed by atoms with Crippen LogP contribution in [0.4, 0.5) is 14.6 Å². The lowest BCUT2D eigenvalue weighted by molar-refractivity contribution is -0.0505. The van der Waals surface area contributed by atoms with Crippen molar-refractivity contribution in [3.63, 3.8) is 0 Å². The van der Waals surface area contributed by atoms with Crippen LogP contribution in [0.15, 0.2) is 41.4 Å². The van der Waals surface area contributed by atoms with E-state index in [0.29, 0.717) is 17.3 Å². The van der Waals surface area contributed by atoms with Crippen LogP contribution in [0.5, 0.6) is 11.5 Å². The summed E-state index contributed by atoms with van der Waals surface area (Å²) in [5.74, 6) is 2.16. The molecule has 7 nitrogen and oxygen atoms in total. The first-order chi connectivity index (χ1) is 15.0. The first-order valence-electron chi connectivity index (χ1n) is 10.3. The average molecular weight is 561 g/mol. The number of hydrogen-bond acceptors (Lipinski definition) is 5. The normalized spacial score (nSPS) is 14.7. The third-order valence-corrected chi connectivity index (χ3v) is 5.19. The van der Waals surface area contributed by atoms with Crippen molar-refractivity contribution in [3.05, 3.63) is 47.7 Å². The van der Waals surface area contributed by atoms with Gasteiger partial charge in [0.25, 0.3) is 0 Å². The molecule has 2 N–H and O–H groups in total. The molecule has 0 amide bonds. The quantitative estimate of drug-likeness (QED) is 0.303. The molecule has 1 fully saturated rings. The number of aryl methyl sites for hydroxylation is 1. The van der Waals surface area contributed by atoms with E-state index >= 15 is 0 Å². The van der Waals surface area contributed by atoms with E-state index in [4.69, 9.17) is 4.74 Å². The Hall–Kier alpha value is -2.37. The van der Waals surface area contributed by atoms with Gasteiger partial charge in [0, 0.05) is 50.0 Å². The smallest absolute Gasteiger partial charge is 0.387 e. The van der Waals surface area contributed by atoms with Gasteiger partial charge in [0.2, 0.25) is 0 Å². The Labute approximate surface area is 204 Å². The van der Waals surface area contributed by atoms with E-state index in [0.717, 1.165) is 37.4 Å². The molecule has 0 saturated carbocycles. The second kappa shape index (κ2) is 12.6. The van der Waals surface area contributed by atoms with Gasteiger partial charge in [-0.05, 0) is 44.0 Å². The minimum absolute atomic E-state index is 0. The SMILES string of the molecule is CN=C(NCc1ccc(OC)cc1OC(F)F)NC1CCN(c2cccc(C)n2)CC1.I. The van der Waals surface area contributed by atoms with Crippen molar-refractivity contribution in [2.45, 2.75) is 39.0 Å². The van der Waals surface area contributed by atoms with E-state index in [1.165, 1.54) is 13.2 Å². The second-order valence-electron chi connectivity index (χ2n) is 7.32. The van der Waals surface area contributed by atoms with Crippen molar-refractivity contribution in [2.75, 3.05) is 32.1 Å². The molecule has 1 aliphatic rings. The Bertz CT molecular complexity index is 892. The number of nitrogens with one attached hydrogen (secondary N) is 2. The van der Waals surface area contributed by atoms with Gasteiger partial charge in [-0.25, -0.2) is 4.98 Å². The number of piperidine rings is 1. The van der Waals surface area contributed by atoms with Crippen molar-refractivity contribution >= 4 is 35.8 Å². The highest BCUT2D eigenvalue weighted by Gasteiger charge is 2.21. The van der Waals surface area contributed by atoms with Crippen LogP contribution in [0.2, 0.25) is 0 Å². The van der Waals surface area contributed by atoms with E-state index in [9.17, 15) is 8.78 Å². The van der Waals surface area contributed by atoms with Crippen molar-refractivity contribution in [1.82, 2.24) is 15.6 Å². The van der Waals surface area contributed by atoms with Crippen molar-refractivity contribution < 1.29 is 18.3 Å². The van der Waals surface area contributed by atoms with Gasteiger partial charge in [-0.1, -0.05) is 6.07 Å². The van der Waals surface area contributed by atoms with Crippen molar-refractivity contribution in [1.29, 1.82) is 0 Å². The van der Waals surface area contributed by atoms with Crippen LogP contribution in [0.3, 0.4) is 0 Å². The molecule has 0 unspecified atom stereocenters. The Balaban J connectivity index is 0.00000363. The number of halogens is 3. The molecule has 1 aromatic carbocycles. The summed E-state index contributed by atoms with van der Waals surface area (Å²) in [4.78, 5) is 11.1. The van der Waals surface area contributed by atoms with E-state index in [1.54, 1.807) is 19.2 Å². The summed E-state index contributed by atoms with van der Waals surface area (Å²) in [6.45, 7) is 1.17. The molecular formula is C22H30F2IN5O2. The fraction of sp³-hybridized carbons (Fsp3) is 0.455. The van der Waals surface area contributed by atoms with Crippen LogP contribution >= 0.6 is 24.0 Å². The molecule has 3 rings (SSSR count). The highest BCUT2D eigenvalue weighted by atomic mass is 127. The first-order valence-corrected chi connectivity index (χ1v) is 10.3. The molecule has 0 aliphatic carbocycles. The van der Waals surface area contributed by atoms with E-state index < -0.39 is 6.61 Å². The first kappa shape index (κ1) is 25.9. The zero-order valence-corrected chi connectivity index (χ0v) is 20.8. The molecule has 10 heteroatoms. The van der Waals surface area contributed by atoms with E-state index in [1.807, 2.05) is 25.1 Å². The molecule has 1 aromatic heterocycles. The molecule has 0 radical (unpaired) electrons. The number of nitrogens with zero attached hydrogens (tertiary/aromatic N) is 3. The molecular weight excluding hydrogens is 531 g/mol. The summed E-state index contributed by atoms with van der Waals surface area (Å²) < 4.78 is 35.3. The number of ether oxygens (including phenoxy) is 2. The lowest BCUT2D eigenvalue weighted by atomic mass is 10.1. The number of hydrogen-bond donors (Lipinski definition) is 2. The van der Waals surface area contributed by atoms with Crippen molar-refractivity contribution in [2.24, 2.45) is 4.99 Å². The number of alkyl halides is 2. The maximum atomic E-state index is 12.8. The highest BCUT2D eigenvalue weighted by molar-refractivity contribution is 14.0. The molecule has 0 bridgehead atoms. The summed E-state index contributed by atoms with van der Waals surface area (Å²) in [5, 5.41) is 6.60. The van der Waals surface area contributed by atoms with Crippen LogP contribution in [-0.4, -0.2) is 50.8 Å². The van der Waals surface area contributed by atoms with Gasteiger partial charge in [-0.15, -0.1) is 24.0 Å². The molecule has 0 atom stereocenters. The number of guanidine groups is 1. The van der Waals surface area contributed by atoms with Crippen molar-refractivity contribution in [3.8, 4) is 11.5 Å². The van der Waals surface area contributed by atoms with Gasteiger partial charge in [-0.2, -0.15) is 8.78 Å². The highest BCUT2D eigenvalue weighted by Crippen LogP contribution is 2.26. The summed E-state index contributed by atoms with van der Waals surface area (Å²) in [7, 11) is 3.16. The lowest BCUT2D eigenvalue weighted by Gasteiger charge is -2.34. The summed E-state index contributed by atoms with van der Waals surface area (Å²) >= 11 is 0. The molecule has 176 valence electrons. The standard InChI is InChI=1S/C22H29F2N5O2.HI/c1-15-5-4-6-20(27-15)29-11-9-17(10-12-29)28-22(25-2)26-14-16-7-8-18(30-3)13-19(16)31-21(23)24;/h4-8,13,17,21H,9-12,14H2,1-3H3,(H2,25,26,28);1H. The number of benzene rings is 1. The number of anilines is 1. The Morgan fingerprint density at radius 2 is 2.00 bits per heavy atom. The number of methoxy groups -OCH3 is 1. The number of aromatic nitrogens is 1. The van der Waals surface area contributed by atoms with Crippen LogP contribution in [-0.2, 0) is 6.54 Å². The van der Waals surface area contributed by atoms with Gasteiger partial charge < -0.3 is 25.0 Å². The minimum Gasteiger partial charge on any atom is -0.497 e. The predicted octanol–water partition coefficient (Wildman–Crippen LogP) is 3.95. The zero-order chi connectivity index (χ0) is 22.2. The summed E-state index contributed by atoms with van der Waals surface area (Å²) in [5.41, 5.74) is 1.60. The maximum absolute atomic E-state index is 12.8. The van der Waals surface area contributed by atoms with Gasteiger partial charge in [0.1, 0.15) is 17.3 Å². The van der Waals surface area contributed by atoms with E-state index in [2.05, 4.69) is 30.2 Å². The summed E-state index contributed by atoms with van der Waals surface area (Å²) in [6.07, 6.45) is 1.89. The summed E-state index contributed by atoms with van der Waals surface area (Å²) in [6, 6.07) is 11.2. The molecule has 0 spiro atoms. The maximum Gasteiger partial charge on any atom is 0.387 e. The van der Waals surface area contributed by atoms with Crippen LogP contribution in [0.25, 0.3) is 0 Å². The van der Waals surface area contributed by atoms with Gasteiger partial charge in [-0.3, -0.25) is 4.99 Å². The van der Waals surface area contributed by atoms with E-state index in [-0.39, 0.29) is 42.3 Å². The van der Waals surface area contributed by atoms with Crippen LogP contribution in [0, 0.1) is 6.92 Å². The third kappa shape index (κ3) is 7.35. The lowest BCUT2D eigenvalue weighted by Crippen LogP contribution is -2.48. The Kier molecular flexibility index (Phi) is 10.2. The fourth-order valence-electron chi connectivity index (χ4n) is 3.54. The predicted molar refractivity (Wildman–Crippen MR) is 133 cm³/mol. The molecule has 2 heterocycles.